The summed E-state index contributed by atoms with van der Waals surface area (Å²) < 4.78 is 2.38. The first-order valence-electron chi connectivity index (χ1n) is 3.96. The van der Waals surface area contributed by atoms with E-state index in [0.29, 0.717) is 10.8 Å². The first kappa shape index (κ1) is 9.19. The number of nitrogens with zero attached hydrogens (tertiary/aromatic N) is 1. The predicted molar refractivity (Wildman–Crippen MR) is 50.9 cm³/mol. The van der Waals surface area contributed by atoms with Crippen molar-refractivity contribution < 1.29 is 0 Å². The molecule has 4 heteroatoms. The van der Waals surface area contributed by atoms with Crippen LogP contribution in [0.3, 0.4) is 0 Å². The standard InChI is InChI=1S/C8H12N2OS/c1-3-6(2)10-5-4-7(11)9-8(10)12/h4-6H,3H2,1-2H3,(H,9,11,12). The van der Waals surface area contributed by atoms with Crippen molar-refractivity contribution in [3.63, 3.8) is 0 Å². The minimum atomic E-state index is -0.139. The molecule has 1 unspecified atom stereocenters. The molecule has 0 aliphatic carbocycles. The van der Waals surface area contributed by atoms with Gasteiger partial charge in [0.2, 0.25) is 0 Å². The molecule has 0 radical (unpaired) electrons. The van der Waals surface area contributed by atoms with Crippen LogP contribution in [-0.2, 0) is 0 Å². The van der Waals surface area contributed by atoms with Gasteiger partial charge in [0.1, 0.15) is 0 Å². The van der Waals surface area contributed by atoms with E-state index in [1.807, 2.05) is 4.57 Å². The van der Waals surface area contributed by atoms with Crippen molar-refractivity contribution in [1.29, 1.82) is 0 Å². The molecule has 1 heterocycles. The summed E-state index contributed by atoms with van der Waals surface area (Å²) in [4.78, 5) is 13.4. The fourth-order valence-corrected chi connectivity index (χ4v) is 1.31. The molecule has 66 valence electrons. The molecule has 0 fully saturated rings. The highest BCUT2D eigenvalue weighted by Gasteiger charge is 2.00. The molecular weight excluding hydrogens is 172 g/mol. The van der Waals surface area contributed by atoms with Crippen molar-refractivity contribution in [2.75, 3.05) is 0 Å². The van der Waals surface area contributed by atoms with E-state index in [1.54, 1.807) is 6.20 Å². The molecule has 0 amide bonds. The lowest BCUT2D eigenvalue weighted by atomic mass is 10.2. The third kappa shape index (κ3) is 1.82. The monoisotopic (exact) mass is 184 g/mol. The number of hydrogen-bond donors (Lipinski definition) is 1. The zero-order valence-corrected chi connectivity index (χ0v) is 8.02. The van der Waals surface area contributed by atoms with E-state index in [1.165, 1.54) is 6.07 Å². The maximum atomic E-state index is 10.8. The van der Waals surface area contributed by atoms with Crippen molar-refractivity contribution in [2.24, 2.45) is 0 Å². The molecule has 0 aromatic carbocycles. The van der Waals surface area contributed by atoms with Gasteiger partial charge in [0, 0.05) is 18.3 Å². The molecule has 3 nitrogen and oxygen atoms in total. The van der Waals surface area contributed by atoms with Crippen molar-refractivity contribution in [3.8, 4) is 0 Å². The minimum absolute atomic E-state index is 0.139. The SMILES string of the molecule is CCC(C)n1ccc(=O)[nH]c1=S. The van der Waals surface area contributed by atoms with Crippen LogP contribution < -0.4 is 5.56 Å². The first-order chi connectivity index (χ1) is 5.65. The lowest BCUT2D eigenvalue weighted by Crippen LogP contribution is -2.13. The fourth-order valence-electron chi connectivity index (χ4n) is 0.971. The Hall–Kier alpha value is -0.900. The van der Waals surface area contributed by atoms with Crippen LogP contribution >= 0.6 is 12.2 Å². The number of H-pyrrole nitrogens is 1. The van der Waals surface area contributed by atoms with Gasteiger partial charge in [-0.3, -0.25) is 9.78 Å². The summed E-state index contributed by atoms with van der Waals surface area (Å²) in [6.45, 7) is 4.14. The molecule has 0 bridgehead atoms. The summed E-state index contributed by atoms with van der Waals surface area (Å²) in [5, 5.41) is 0. The van der Waals surface area contributed by atoms with Gasteiger partial charge < -0.3 is 4.57 Å². The molecule has 1 rings (SSSR count). The van der Waals surface area contributed by atoms with Crippen LogP contribution in [0.1, 0.15) is 26.3 Å². The topological polar surface area (TPSA) is 37.8 Å². The highest BCUT2D eigenvalue weighted by atomic mass is 32.1. The van der Waals surface area contributed by atoms with E-state index in [4.69, 9.17) is 12.2 Å². The van der Waals surface area contributed by atoms with Gasteiger partial charge >= 0.3 is 0 Å². The van der Waals surface area contributed by atoms with Gasteiger partial charge in [0.15, 0.2) is 4.77 Å². The van der Waals surface area contributed by atoms with Crippen molar-refractivity contribution in [2.45, 2.75) is 26.3 Å². The van der Waals surface area contributed by atoms with E-state index in [-0.39, 0.29) is 5.56 Å². The third-order valence-electron chi connectivity index (χ3n) is 1.92. The smallest absolute Gasteiger partial charge is 0.251 e. The molecule has 1 aromatic rings. The van der Waals surface area contributed by atoms with Gasteiger partial charge in [-0.15, -0.1) is 0 Å². The average Bonchev–Trinajstić information content (AvgIpc) is 2.03. The Morgan fingerprint density at radius 2 is 2.42 bits per heavy atom. The Balaban J connectivity index is 3.19. The average molecular weight is 184 g/mol. The maximum Gasteiger partial charge on any atom is 0.251 e. The fraction of sp³-hybridized carbons (Fsp3) is 0.500. The quantitative estimate of drug-likeness (QED) is 0.712. The largest absolute Gasteiger partial charge is 0.322 e. The van der Waals surface area contributed by atoms with E-state index >= 15 is 0 Å². The summed E-state index contributed by atoms with van der Waals surface area (Å²) in [6.07, 6.45) is 2.73. The first-order valence-corrected chi connectivity index (χ1v) is 4.37. The normalized spacial score (nSPS) is 12.8. The van der Waals surface area contributed by atoms with E-state index in [9.17, 15) is 4.79 Å². The predicted octanol–water partition coefficient (Wildman–Crippen LogP) is 1.88. The van der Waals surface area contributed by atoms with Gasteiger partial charge in [-0.2, -0.15) is 0 Å². The Kier molecular flexibility index (Phi) is 2.81. The van der Waals surface area contributed by atoms with Crippen LogP contribution in [-0.4, -0.2) is 9.55 Å². The zero-order chi connectivity index (χ0) is 9.14. The van der Waals surface area contributed by atoms with Gasteiger partial charge in [-0.25, -0.2) is 0 Å². The molecule has 0 spiro atoms. The lowest BCUT2D eigenvalue weighted by molar-refractivity contribution is 0.512. The maximum absolute atomic E-state index is 10.8. The number of aromatic amines is 1. The van der Waals surface area contributed by atoms with Gasteiger partial charge in [-0.1, -0.05) is 6.92 Å². The molecule has 0 aliphatic rings. The molecule has 1 aromatic heterocycles. The summed E-state index contributed by atoms with van der Waals surface area (Å²) in [5.41, 5.74) is -0.139. The number of aromatic nitrogens is 2. The van der Waals surface area contributed by atoms with Crippen LogP contribution in [0.5, 0.6) is 0 Å². The highest BCUT2D eigenvalue weighted by molar-refractivity contribution is 7.71. The second-order valence-electron chi connectivity index (χ2n) is 2.77. The van der Waals surface area contributed by atoms with Crippen molar-refractivity contribution in [3.05, 3.63) is 27.4 Å². The van der Waals surface area contributed by atoms with Crippen molar-refractivity contribution in [1.82, 2.24) is 9.55 Å². The molecule has 1 atom stereocenters. The van der Waals surface area contributed by atoms with Crippen LogP contribution in [0, 0.1) is 4.77 Å². The second kappa shape index (κ2) is 3.67. The molecule has 12 heavy (non-hydrogen) atoms. The Bertz CT molecular complexity index is 366. The molecule has 1 N–H and O–H groups in total. The van der Waals surface area contributed by atoms with Gasteiger partial charge in [0.05, 0.1) is 0 Å². The summed E-state index contributed by atoms with van der Waals surface area (Å²) >= 11 is 4.99. The van der Waals surface area contributed by atoms with Crippen molar-refractivity contribution >= 4 is 12.2 Å². The van der Waals surface area contributed by atoms with Gasteiger partial charge in [0.25, 0.3) is 5.56 Å². The molecule has 0 aliphatic heterocycles. The zero-order valence-electron chi connectivity index (χ0n) is 7.20. The number of nitrogens with one attached hydrogen (secondary N) is 1. The minimum Gasteiger partial charge on any atom is -0.322 e. The Morgan fingerprint density at radius 3 is 2.92 bits per heavy atom. The summed E-state index contributed by atoms with van der Waals surface area (Å²) in [7, 11) is 0. The Labute approximate surface area is 76.1 Å². The summed E-state index contributed by atoms with van der Waals surface area (Å²) in [6, 6.07) is 1.83. The summed E-state index contributed by atoms with van der Waals surface area (Å²) in [5.74, 6) is 0. The van der Waals surface area contributed by atoms with Crippen LogP contribution in [0.15, 0.2) is 17.1 Å². The highest BCUT2D eigenvalue weighted by Crippen LogP contribution is 2.07. The van der Waals surface area contributed by atoms with E-state index in [2.05, 4.69) is 18.8 Å². The molecule has 0 saturated heterocycles. The third-order valence-corrected chi connectivity index (χ3v) is 2.23. The van der Waals surface area contributed by atoms with Crippen LogP contribution in [0.25, 0.3) is 0 Å². The Morgan fingerprint density at radius 1 is 1.75 bits per heavy atom. The number of rotatable bonds is 2. The van der Waals surface area contributed by atoms with E-state index < -0.39 is 0 Å². The van der Waals surface area contributed by atoms with Crippen LogP contribution in [0.2, 0.25) is 0 Å². The van der Waals surface area contributed by atoms with Crippen LogP contribution in [0.4, 0.5) is 0 Å². The van der Waals surface area contributed by atoms with E-state index in [0.717, 1.165) is 6.42 Å². The second-order valence-corrected chi connectivity index (χ2v) is 3.16. The lowest BCUT2D eigenvalue weighted by Gasteiger charge is -2.12. The van der Waals surface area contributed by atoms with Gasteiger partial charge in [-0.05, 0) is 25.6 Å². The number of hydrogen-bond acceptors (Lipinski definition) is 2. The molecule has 0 saturated carbocycles. The molecular formula is C8H12N2OS.